The summed E-state index contributed by atoms with van der Waals surface area (Å²) in [4.78, 5) is 27.0. The number of aliphatic hydroxyl groups excluding tert-OH is 1. The Hall–Kier alpha value is -3.56. The number of aromatic nitrogens is 5. The van der Waals surface area contributed by atoms with E-state index >= 15 is 0 Å². The molecule has 3 N–H and O–H groups in total. The molecule has 0 saturated heterocycles. The molecule has 0 aliphatic carbocycles. The zero-order chi connectivity index (χ0) is 23.9. The Morgan fingerprint density at radius 3 is 2.82 bits per heavy atom. The predicted octanol–water partition coefficient (Wildman–Crippen LogP) is 2.66. The average molecular weight is 460 g/mol. The smallest absolute Gasteiger partial charge is 0.278 e. The molecule has 1 aromatic carbocycles. The summed E-state index contributed by atoms with van der Waals surface area (Å²) in [7, 11) is 0. The summed E-state index contributed by atoms with van der Waals surface area (Å²) in [6.45, 7) is 8.02. The average Bonchev–Trinajstić information content (AvgIpc) is 3.14. The minimum Gasteiger partial charge on any atom is -0.395 e. The van der Waals surface area contributed by atoms with Crippen molar-refractivity contribution in [1.29, 1.82) is 0 Å². The first-order valence-electron chi connectivity index (χ1n) is 11.6. The van der Waals surface area contributed by atoms with E-state index in [0.29, 0.717) is 29.3 Å². The number of hydrogen-bond acceptors (Lipinski definition) is 7. The largest absolute Gasteiger partial charge is 0.395 e. The molecule has 9 nitrogen and oxygen atoms in total. The summed E-state index contributed by atoms with van der Waals surface area (Å²) in [6.07, 6.45) is 2.59. The maximum Gasteiger partial charge on any atom is 0.278 e. The summed E-state index contributed by atoms with van der Waals surface area (Å²) < 4.78 is 3.34. The highest BCUT2D eigenvalue weighted by molar-refractivity contribution is 5.77. The number of rotatable bonds is 6. The first-order chi connectivity index (χ1) is 16.4. The van der Waals surface area contributed by atoms with Gasteiger partial charge in [-0.25, -0.2) is 19.3 Å². The van der Waals surface area contributed by atoms with E-state index < -0.39 is 5.41 Å². The number of nitrogens with one attached hydrogen (secondary N) is 2. The number of aliphatic hydroxyl groups is 1. The van der Waals surface area contributed by atoms with Gasteiger partial charge in [0, 0.05) is 30.4 Å². The van der Waals surface area contributed by atoms with Crippen molar-refractivity contribution in [3.63, 3.8) is 0 Å². The molecule has 34 heavy (non-hydrogen) atoms. The van der Waals surface area contributed by atoms with E-state index in [1.54, 1.807) is 15.6 Å². The molecular weight excluding hydrogens is 430 g/mol. The van der Waals surface area contributed by atoms with Crippen molar-refractivity contribution in [3.8, 4) is 5.82 Å². The number of fused-ring (bicyclic) bond motifs is 2. The molecule has 4 aromatic rings. The van der Waals surface area contributed by atoms with E-state index in [9.17, 15) is 9.90 Å². The van der Waals surface area contributed by atoms with Crippen LogP contribution in [0.4, 0.5) is 11.6 Å². The lowest BCUT2D eigenvalue weighted by Gasteiger charge is -2.22. The topological polar surface area (TPSA) is 110 Å². The third-order valence-corrected chi connectivity index (χ3v) is 6.36. The van der Waals surface area contributed by atoms with Crippen LogP contribution in [0.25, 0.3) is 16.9 Å². The molecule has 1 aliphatic heterocycles. The van der Waals surface area contributed by atoms with Crippen molar-refractivity contribution < 1.29 is 5.11 Å². The number of anilines is 2. The Bertz CT molecular complexity index is 1420. The Balaban J connectivity index is 1.60. The Kier molecular flexibility index (Phi) is 5.66. The van der Waals surface area contributed by atoms with E-state index in [2.05, 4.69) is 27.8 Å². The first-order valence-corrected chi connectivity index (χ1v) is 11.6. The van der Waals surface area contributed by atoms with Crippen LogP contribution in [0.5, 0.6) is 0 Å². The van der Waals surface area contributed by atoms with E-state index in [1.807, 2.05) is 45.0 Å². The third-order valence-electron chi connectivity index (χ3n) is 6.36. The van der Waals surface area contributed by atoms with Gasteiger partial charge in [-0.15, -0.1) is 0 Å². The number of nitrogens with zero attached hydrogens (tertiary/aromatic N) is 5. The van der Waals surface area contributed by atoms with E-state index in [-0.39, 0.29) is 12.2 Å². The molecule has 4 heterocycles. The third kappa shape index (κ3) is 3.86. The molecule has 5 rings (SSSR count). The zero-order valence-electron chi connectivity index (χ0n) is 19.7. The highest BCUT2D eigenvalue weighted by Gasteiger charge is 2.23. The van der Waals surface area contributed by atoms with Gasteiger partial charge in [-0.3, -0.25) is 4.79 Å². The monoisotopic (exact) mass is 459 g/mol. The van der Waals surface area contributed by atoms with Gasteiger partial charge >= 0.3 is 0 Å². The molecule has 0 fully saturated rings. The lowest BCUT2D eigenvalue weighted by molar-refractivity contribution is 0.215. The molecule has 3 aromatic heterocycles. The van der Waals surface area contributed by atoms with Crippen LogP contribution in [-0.2, 0) is 24.9 Å². The van der Waals surface area contributed by atoms with Gasteiger partial charge in [0.15, 0.2) is 11.5 Å². The molecular formula is C25H29N7O2. The number of pyridine rings is 1. The quantitative estimate of drug-likeness (QED) is 0.407. The highest BCUT2D eigenvalue weighted by Crippen LogP contribution is 2.24. The molecule has 0 unspecified atom stereocenters. The highest BCUT2D eigenvalue weighted by atomic mass is 16.3. The van der Waals surface area contributed by atoms with Crippen molar-refractivity contribution in [2.45, 2.75) is 45.7 Å². The SMILES string of the molecule is CCn1c(=O)c2cnc(Nc3ccc4c(c3)CNCC4)nc2n1-c1cccc(C(C)(C)CO)n1. The summed E-state index contributed by atoms with van der Waals surface area (Å²) >= 11 is 0. The van der Waals surface area contributed by atoms with Gasteiger partial charge in [0.1, 0.15) is 5.39 Å². The van der Waals surface area contributed by atoms with E-state index in [0.717, 1.165) is 30.9 Å². The second-order valence-electron chi connectivity index (χ2n) is 9.22. The van der Waals surface area contributed by atoms with Crippen LogP contribution in [-0.4, -0.2) is 42.6 Å². The maximum atomic E-state index is 13.1. The molecule has 0 radical (unpaired) electrons. The standard InChI is InChI=1S/C25H29N7O2/c1-4-31-23(34)19-14-27-24(28-18-9-8-16-10-11-26-13-17(16)12-18)30-22(19)32(31)21-7-5-6-20(29-21)25(2,3)15-33/h5-9,12,14,26,33H,4,10-11,13,15H2,1-3H3,(H,27,28,30). The first kappa shape index (κ1) is 22.2. The van der Waals surface area contributed by atoms with Crippen LogP contribution in [0.15, 0.2) is 47.4 Å². The number of hydrogen-bond donors (Lipinski definition) is 3. The second-order valence-corrected chi connectivity index (χ2v) is 9.22. The van der Waals surface area contributed by atoms with Crippen LogP contribution in [0, 0.1) is 0 Å². The normalized spacial score (nSPS) is 13.8. The van der Waals surface area contributed by atoms with Crippen LogP contribution >= 0.6 is 0 Å². The number of benzene rings is 1. The molecule has 0 amide bonds. The second kappa shape index (κ2) is 8.66. The van der Waals surface area contributed by atoms with Gasteiger partial charge in [-0.1, -0.05) is 26.0 Å². The van der Waals surface area contributed by atoms with Gasteiger partial charge in [0.25, 0.3) is 5.56 Å². The zero-order valence-corrected chi connectivity index (χ0v) is 19.7. The Morgan fingerprint density at radius 1 is 1.18 bits per heavy atom. The van der Waals surface area contributed by atoms with E-state index in [1.165, 1.54) is 11.1 Å². The fraction of sp³-hybridized carbons (Fsp3) is 0.360. The van der Waals surface area contributed by atoms with Gasteiger partial charge in [-0.2, -0.15) is 4.98 Å². The maximum absolute atomic E-state index is 13.1. The molecule has 176 valence electrons. The summed E-state index contributed by atoms with van der Waals surface area (Å²) in [5, 5.41) is 16.9. The Labute approximate surface area is 197 Å². The van der Waals surface area contributed by atoms with Gasteiger partial charge in [0.2, 0.25) is 5.95 Å². The van der Waals surface area contributed by atoms with Gasteiger partial charge in [0.05, 0.1) is 12.3 Å². The Morgan fingerprint density at radius 2 is 2.03 bits per heavy atom. The minimum absolute atomic E-state index is 0.0387. The molecule has 0 atom stereocenters. The predicted molar refractivity (Wildman–Crippen MR) is 132 cm³/mol. The molecule has 0 saturated carbocycles. The summed E-state index contributed by atoms with van der Waals surface area (Å²) in [5.74, 6) is 0.975. The van der Waals surface area contributed by atoms with E-state index in [4.69, 9.17) is 9.97 Å². The molecule has 0 spiro atoms. The van der Waals surface area contributed by atoms with Gasteiger partial charge in [-0.05, 0) is 55.3 Å². The molecule has 0 bridgehead atoms. The summed E-state index contributed by atoms with van der Waals surface area (Å²) in [5.41, 5.74) is 4.05. The van der Waals surface area contributed by atoms with Crippen molar-refractivity contribution in [1.82, 2.24) is 29.6 Å². The van der Waals surface area contributed by atoms with Gasteiger partial charge < -0.3 is 15.7 Å². The fourth-order valence-corrected chi connectivity index (χ4v) is 4.29. The van der Waals surface area contributed by atoms with Crippen molar-refractivity contribution in [3.05, 3.63) is 69.8 Å². The van der Waals surface area contributed by atoms with Crippen molar-refractivity contribution in [2.75, 3.05) is 18.5 Å². The summed E-state index contributed by atoms with van der Waals surface area (Å²) in [6, 6.07) is 11.9. The van der Waals surface area contributed by atoms with Crippen LogP contribution in [0.2, 0.25) is 0 Å². The fourth-order valence-electron chi connectivity index (χ4n) is 4.29. The lowest BCUT2D eigenvalue weighted by atomic mass is 9.90. The minimum atomic E-state index is -0.515. The van der Waals surface area contributed by atoms with Crippen LogP contribution in [0.1, 0.15) is 37.6 Å². The lowest BCUT2D eigenvalue weighted by Crippen LogP contribution is -2.26. The van der Waals surface area contributed by atoms with Crippen molar-refractivity contribution >= 4 is 22.7 Å². The van der Waals surface area contributed by atoms with Crippen molar-refractivity contribution in [2.24, 2.45) is 0 Å². The molecule has 1 aliphatic rings. The van der Waals surface area contributed by atoms with Crippen LogP contribution < -0.4 is 16.2 Å². The molecule has 9 heteroatoms. The van der Waals surface area contributed by atoms with Crippen LogP contribution in [0.3, 0.4) is 0 Å².